The Labute approximate surface area is 260 Å². The van der Waals surface area contributed by atoms with Crippen molar-refractivity contribution in [3.63, 3.8) is 0 Å². The zero-order chi connectivity index (χ0) is 31.1. The quantitative estimate of drug-likeness (QED) is 0.225. The van der Waals surface area contributed by atoms with Crippen molar-refractivity contribution < 1.29 is 18.0 Å². The lowest BCUT2D eigenvalue weighted by Crippen LogP contribution is -2.55. The minimum atomic E-state index is -3.86. The lowest BCUT2D eigenvalue weighted by molar-refractivity contribution is -0.140. The maximum Gasteiger partial charge on any atom is 0.244 e. The van der Waals surface area contributed by atoms with Crippen LogP contribution in [0.2, 0.25) is 0 Å². The van der Waals surface area contributed by atoms with Crippen molar-refractivity contribution in [1.82, 2.24) is 10.2 Å². The third-order valence-corrected chi connectivity index (χ3v) is 9.67. The number of anilines is 1. The number of hydrogen-bond acceptors (Lipinski definition) is 4. The molecule has 1 saturated carbocycles. The molecule has 4 aromatic carbocycles. The molecule has 0 aliphatic heterocycles. The maximum atomic E-state index is 14.5. The van der Waals surface area contributed by atoms with E-state index in [1.54, 1.807) is 17.0 Å². The highest BCUT2D eigenvalue weighted by molar-refractivity contribution is 7.92. The monoisotopic (exact) mass is 611 g/mol. The molecule has 8 heteroatoms. The van der Waals surface area contributed by atoms with Crippen molar-refractivity contribution in [1.29, 1.82) is 0 Å². The first-order chi connectivity index (χ1) is 21.2. The molecule has 230 valence electrons. The van der Waals surface area contributed by atoms with Crippen molar-refractivity contribution in [3.05, 3.63) is 114 Å². The van der Waals surface area contributed by atoms with E-state index in [1.807, 2.05) is 91.9 Å². The summed E-state index contributed by atoms with van der Waals surface area (Å²) in [7, 11) is -3.86. The fourth-order valence-electron chi connectivity index (χ4n) is 6.09. The van der Waals surface area contributed by atoms with Crippen LogP contribution < -0.4 is 9.62 Å². The second kappa shape index (κ2) is 14.1. The first-order valence-corrected chi connectivity index (χ1v) is 17.2. The molecule has 0 saturated heterocycles. The Morgan fingerprint density at radius 2 is 1.50 bits per heavy atom. The van der Waals surface area contributed by atoms with Gasteiger partial charge in [0, 0.05) is 24.4 Å². The highest BCUT2D eigenvalue weighted by Crippen LogP contribution is 2.29. The van der Waals surface area contributed by atoms with Crippen LogP contribution in [0.1, 0.15) is 48.8 Å². The zero-order valence-electron chi connectivity index (χ0n) is 25.5. The van der Waals surface area contributed by atoms with Gasteiger partial charge < -0.3 is 10.2 Å². The number of hydrogen-bond donors (Lipinski definition) is 1. The average Bonchev–Trinajstić information content (AvgIpc) is 3.02. The molecule has 4 aromatic rings. The van der Waals surface area contributed by atoms with E-state index < -0.39 is 28.5 Å². The van der Waals surface area contributed by atoms with Crippen molar-refractivity contribution in [2.24, 2.45) is 0 Å². The van der Waals surface area contributed by atoms with Gasteiger partial charge in [-0.2, -0.15) is 0 Å². The zero-order valence-corrected chi connectivity index (χ0v) is 26.3. The van der Waals surface area contributed by atoms with Gasteiger partial charge in [-0.3, -0.25) is 13.9 Å². The van der Waals surface area contributed by atoms with Gasteiger partial charge in [-0.25, -0.2) is 8.42 Å². The average molecular weight is 612 g/mol. The minimum absolute atomic E-state index is 0.0631. The Hall–Kier alpha value is -4.17. The largest absolute Gasteiger partial charge is 0.352 e. The molecule has 0 spiro atoms. The van der Waals surface area contributed by atoms with Gasteiger partial charge in [0.15, 0.2) is 0 Å². The molecule has 1 aliphatic carbocycles. The number of amides is 2. The summed E-state index contributed by atoms with van der Waals surface area (Å²) in [5, 5.41) is 4.85. The van der Waals surface area contributed by atoms with Gasteiger partial charge in [0.05, 0.1) is 11.9 Å². The molecule has 0 radical (unpaired) electrons. The van der Waals surface area contributed by atoms with E-state index in [2.05, 4.69) is 5.32 Å². The highest BCUT2D eigenvalue weighted by Gasteiger charge is 2.34. The Morgan fingerprint density at radius 1 is 0.841 bits per heavy atom. The summed E-state index contributed by atoms with van der Waals surface area (Å²) in [5.74, 6) is -0.648. The molecule has 5 rings (SSSR count). The Balaban J connectivity index is 1.55. The second-order valence-corrected chi connectivity index (χ2v) is 13.7. The van der Waals surface area contributed by atoms with Gasteiger partial charge in [-0.15, -0.1) is 0 Å². The molecule has 1 fully saturated rings. The van der Waals surface area contributed by atoms with Crippen LogP contribution >= 0.6 is 0 Å². The van der Waals surface area contributed by atoms with Crippen LogP contribution in [0.15, 0.2) is 97.1 Å². The van der Waals surface area contributed by atoms with E-state index in [0.29, 0.717) is 12.1 Å². The topological polar surface area (TPSA) is 86.8 Å². The third kappa shape index (κ3) is 7.66. The molecule has 7 nitrogen and oxygen atoms in total. The number of benzene rings is 4. The highest BCUT2D eigenvalue weighted by atomic mass is 32.2. The standard InChI is InChI=1S/C36H41N3O4S/c1-27-14-9-10-18-30(27)25-38(34(24-28-15-5-3-6-16-28)36(41)37-31-20-7-4-8-21-31)35(40)26-39(44(2,42)43)33-23-13-19-29-17-11-12-22-32(29)33/h3,5-6,9-19,22-23,31,34H,4,7-8,20-21,24-26H2,1-2H3,(H,37,41). The predicted molar refractivity (Wildman–Crippen MR) is 177 cm³/mol. The van der Waals surface area contributed by atoms with Crippen molar-refractivity contribution in [2.75, 3.05) is 17.1 Å². The van der Waals surface area contributed by atoms with Crippen LogP contribution in [-0.4, -0.2) is 50.0 Å². The first kappa shape index (κ1) is 31.3. The Kier molecular flexibility index (Phi) is 10.0. The molecular weight excluding hydrogens is 570 g/mol. The molecule has 0 bridgehead atoms. The summed E-state index contributed by atoms with van der Waals surface area (Å²) in [4.78, 5) is 30.2. The molecule has 1 N–H and O–H groups in total. The van der Waals surface area contributed by atoms with Crippen LogP contribution in [0.5, 0.6) is 0 Å². The number of aryl methyl sites for hydroxylation is 1. The molecule has 1 atom stereocenters. The van der Waals surface area contributed by atoms with Crippen LogP contribution in [0.4, 0.5) is 5.69 Å². The van der Waals surface area contributed by atoms with Crippen molar-refractivity contribution in [3.8, 4) is 0 Å². The minimum Gasteiger partial charge on any atom is -0.352 e. The van der Waals surface area contributed by atoms with Gasteiger partial charge in [0.2, 0.25) is 21.8 Å². The Bertz CT molecular complexity index is 1700. The summed E-state index contributed by atoms with van der Waals surface area (Å²) in [6, 6.07) is 29.6. The van der Waals surface area contributed by atoms with Gasteiger partial charge >= 0.3 is 0 Å². The lowest BCUT2D eigenvalue weighted by Gasteiger charge is -2.35. The Morgan fingerprint density at radius 3 is 2.23 bits per heavy atom. The van der Waals surface area contributed by atoms with E-state index in [-0.39, 0.29) is 18.5 Å². The molecule has 0 heterocycles. The van der Waals surface area contributed by atoms with Gasteiger partial charge in [0.1, 0.15) is 12.6 Å². The fourth-order valence-corrected chi connectivity index (χ4v) is 6.95. The number of rotatable bonds is 11. The van der Waals surface area contributed by atoms with Crippen LogP contribution in [-0.2, 0) is 32.6 Å². The van der Waals surface area contributed by atoms with Gasteiger partial charge in [-0.1, -0.05) is 110 Å². The van der Waals surface area contributed by atoms with E-state index in [0.717, 1.165) is 65.8 Å². The summed E-state index contributed by atoms with van der Waals surface area (Å²) in [6.07, 6.45) is 6.54. The summed E-state index contributed by atoms with van der Waals surface area (Å²) in [5.41, 5.74) is 3.25. The van der Waals surface area contributed by atoms with E-state index >= 15 is 0 Å². The van der Waals surface area contributed by atoms with E-state index in [1.165, 1.54) is 4.31 Å². The maximum absolute atomic E-state index is 14.5. The number of carbonyl (C=O) groups is 2. The molecule has 44 heavy (non-hydrogen) atoms. The number of nitrogens with one attached hydrogen (secondary N) is 1. The summed E-state index contributed by atoms with van der Waals surface area (Å²) in [6.45, 7) is 1.72. The molecule has 0 aromatic heterocycles. The fraction of sp³-hybridized carbons (Fsp3) is 0.333. The predicted octanol–water partition coefficient (Wildman–Crippen LogP) is 6.00. The molecule has 1 aliphatic rings. The normalized spacial score (nSPS) is 14.6. The van der Waals surface area contributed by atoms with Crippen molar-refractivity contribution >= 4 is 38.3 Å². The lowest BCUT2D eigenvalue weighted by atomic mass is 9.94. The summed E-state index contributed by atoms with van der Waals surface area (Å²) < 4.78 is 27.7. The molecule has 1 unspecified atom stereocenters. The van der Waals surface area contributed by atoms with Crippen LogP contribution in [0, 0.1) is 6.92 Å². The summed E-state index contributed by atoms with van der Waals surface area (Å²) >= 11 is 0. The number of fused-ring (bicyclic) bond motifs is 1. The first-order valence-electron chi connectivity index (χ1n) is 15.3. The smallest absolute Gasteiger partial charge is 0.244 e. The number of sulfonamides is 1. The van der Waals surface area contributed by atoms with Crippen LogP contribution in [0.3, 0.4) is 0 Å². The van der Waals surface area contributed by atoms with E-state index in [9.17, 15) is 18.0 Å². The second-order valence-electron chi connectivity index (χ2n) is 11.8. The van der Waals surface area contributed by atoms with Crippen LogP contribution in [0.25, 0.3) is 10.8 Å². The third-order valence-electron chi connectivity index (χ3n) is 8.54. The van der Waals surface area contributed by atoms with Gasteiger partial charge in [0.25, 0.3) is 0 Å². The van der Waals surface area contributed by atoms with E-state index in [4.69, 9.17) is 0 Å². The number of carbonyl (C=O) groups excluding carboxylic acids is 2. The molecular formula is C36H41N3O4S. The molecule has 2 amide bonds. The number of nitrogens with zero attached hydrogens (tertiary/aromatic N) is 2. The van der Waals surface area contributed by atoms with Gasteiger partial charge in [-0.05, 0) is 47.9 Å². The SMILES string of the molecule is Cc1ccccc1CN(C(=O)CN(c1cccc2ccccc12)S(C)(=O)=O)C(Cc1ccccc1)C(=O)NC1CCCCC1. The van der Waals surface area contributed by atoms with Crippen molar-refractivity contribution in [2.45, 2.75) is 64.1 Å².